The minimum atomic E-state index is 1.08. The largest absolute Gasteiger partial charge is 0.149 e. The van der Waals surface area contributed by atoms with Crippen LogP contribution in [0, 0.1) is 0 Å². The van der Waals surface area contributed by atoms with Crippen molar-refractivity contribution in [3.63, 3.8) is 0 Å². The van der Waals surface area contributed by atoms with Crippen molar-refractivity contribution in [3.8, 4) is 0 Å². The van der Waals surface area contributed by atoms with Crippen LogP contribution in [-0.4, -0.2) is 0 Å². The van der Waals surface area contributed by atoms with Crippen LogP contribution in [0.25, 0.3) is 0 Å². The van der Waals surface area contributed by atoms with E-state index in [4.69, 9.17) is 0 Å². The van der Waals surface area contributed by atoms with E-state index in [1.54, 1.807) is 0 Å². The molecule has 1 aromatic heterocycles. The van der Waals surface area contributed by atoms with Crippen LogP contribution in [0.1, 0.15) is 10.4 Å². The first-order chi connectivity index (χ1) is 6.86. The normalized spacial score (nSPS) is 10.4. The van der Waals surface area contributed by atoms with Gasteiger partial charge in [0.25, 0.3) is 0 Å². The Kier molecular flexibility index (Phi) is 3.27. The van der Waals surface area contributed by atoms with Gasteiger partial charge in [0, 0.05) is 9.77 Å². The second-order valence-corrected chi connectivity index (χ2v) is 4.72. The topological polar surface area (TPSA) is 0 Å². The van der Waals surface area contributed by atoms with Crippen LogP contribution in [0.2, 0.25) is 0 Å². The molecular formula is C12H12S2. The van der Waals surface area contributed by atoms with Crippen LogP contribution < -0.4 is 0 Å². The average molecular weight is 220 g/mol. The molecule has 0 nitrogen and oxygen atoms in total. The van der Waals surface area contributed by atoms with Gasteiger partial charge in [-0.2, -0.15) is 0 Å². The van der Waals surface area contributed by atoms with Crippen LogP contribution in [0.3, 0.4) is 0 Å². The third-order valence-corrected chi connectivity index (χ3v) is 3.58. The first kappa shape index (κ1) is 9.81. The van der Waals surface area contributed by atoms with E-state index in [0.29, 0.717) is 0 Å². The third kappa shape index (κ3) is 2.40. The van der Waals surface area contributed by atoms with Crippen molar-refractivity contribution in [3.05, 3.63) is 52.2 Å². The highest BCUT2D eigenvalue weighted by Gasteiger charge is 1.99. The summed E-state index contributed by atoms with van der Waals surface area (Å²) in [7, 11) is 0. The monoisotopic (exact) mass is 220 g/mol. The van der Waals surface area contributed by atoms with Crippen molar-refractivity contribution >= 4 is 24.0 Å². The van der Waals surface area contributed by atoms with Gasteiger partial charge in [0.1, 0.15) is 0 Å². The van der Waals surface area contributed by atoms with Crippen molar-refractivity contribution < 1.29 is 0 Å². The van der Waals surface area contributed by atoms with Gasteiger partial charge >= 0.3 is 0 Å². The van der Waals surface area contributed by atoms with Crippen molar-refractivity contribution in [2.24, 2.45) is 0 Å². The number of hydrogen-bond donors (Lipinski definition) is 1. The van der Waals surface area contributed by atoms with E-state index < -0.39 is 0 Å². The molecule has 0 unspecified atom stereocenters. The van der Waals surface area contributed by atoms with Gasteiger partial charge in [0.05, 0.1) is 0 Å². The number of rotatable bonds is 3. The molecule has 0 saturated carbocycles. The summed E-state index contributed by atoms with van der Waals surface area (Å²) >= 11 is 6.26. The van der Waals surface area contributed by atoms with Gasteiger partial charge in [-0.1, -0.05) is 24.3 Å². The lowest BCUT2D eigenvalue weighted by atomic mass is 10.1. The quantitative estimate of drug-likeness (QED) is 0.747. The van der Waals surface area contributed by atoms with Crippen LogP contribution in [0.5, 0.6) is 0 Å². The minimum absolute atomic E-state index is 1.08. The molecular weight excluding hydrogens is 208 g/mol. The molecule has 72 valence electrons. The predicted molar refractivity (Wildman–Crippen MR) is 65.4 cm³/mol. The Morgan fingerprint density at radius 3 is 2.57 bits per heavy atom. The van der Waals surface area contributed by atoms with Crippen molar-refractivity contribution in [1.29, 1.82) is 0 Å². The summed E-state index contributed by atoms with van der Waals surface area (Å²) in [5.74, 6) is 0. The van der Waals surface area contributed by atoms with E-state index in [1.807, 2.05) is 23.5 Å². The zero-order valence-electron chi connectivity index (χ0n) is 7.81. The summed E-state index contributed by atoms with van der Waals surface area (Å²) in [5, 5.41) is 2.13. The van der Waals surface area contributed by atoms with Gasteiger partial charge in [0.15, 0.2) is 0 Å². The minimum Gasteiger partial charge on any atom is -0.149 e. The Labute approximate surface area is 94.0 Å². The summed E-state index contributed by atoms with van der Waals surface area (Å²) in [6, 6.07) is 12.6. The lowest BCUT2D eigenvalue weighted by Crippen LogP contribution is -1.89. The molecule has 2 aromatic rings. The molecule has 14 heavy (non-hydrogen) atoms. The molecule has 0 radical (unpaired) electrons. The maximum atomic E-state index is 4.43. The number of thiol groups is 1. The van der Waals surface area contributed by atoms with Gasteiger partial charge in [-0.15, -0.1) is 24.0 Å². The smallest absolute Gasteiger partial charge is 0.00721 e. The molecule has 0 fully saturated rings. The van der Waals surface area contributed by atoms with Gasteiger partial charge in [0.2, 0.25) is 0 Å². The number of aryl methyl sites for hydroxylation is 2. The second-order valence-electron chi connectivity index (χ2n) is 3.21. The third-order valence-electron chi connectivity index (χ3n) is 2.21. The molecule has 0 aliphatic rings. The van der Waals surface area contributed by atoms with E-state index >= 15 is 0 Å². The molecule has 2 rings (SSSR count). The molecule has 1 aromatic carbocycles. The fourth-order valence-electron chi connectivity index (χ4n) is 1.43. The SMILES string of the molecule is Sc1ccccc1CCc1cccs1. The maximum Gasteiger partial charge on any atom is 0.00721 e. The lowest BCUT2D eigenvalue weighted by molar-refractivity contribution is 0.954. The molecule has 0 atom stereocenters. The second kappa shape index (κ2) is 4.67. The maximum absolute atomic E-state index is 4.43. The first-order valence-corrected chi connectivity index (χ1v) is 5.98. The molecule has 0 N–H and O–H groups in total. The highest BCUT2D eigenvalue weighted by molar-refractivity contribution is 7.80. The average Bonchev–Trinajstić information content (AvgIpc) is 2.69. The van der Waals surface area contributed by atoms with Crippen LogP contribution in [-0.2, 0) is 12.8 Å². The first-order valence-electron chi connectivity index (χ1n) is 4.65. The fraction of sp³-hybridized carbons (Fsp3) is 0.167. The van der Waals surface area contributed by atoms with Crippen LogP contribution in [0.15, 0.2) is 46.7 Å². The highest BCUT2D eigenvalue weighted by atomic mass is 32.1. The standard InChI is InChI=1S/C12H12S2/c13-12-6-2-1-4-10(12)7-8-11-5-3-9-14-11/h1-6,9,13H,7-8H2. The van der Waals surface area contributed by atoms with E-state index in [9.17, 15) is 0 Å². The molecule has 0 bridgehead atoms. The predicted octanol–water partition coefficient (Wildman–Crippen LogP) is 3.82. The van der Waals surface area contributed by atoms with Gasteiger partial charge in [-0.25, -0.2) is 0 Å². The molecule has 0 aliphatic carbocycles. The molecule has 0 amide bonds. The van der Waals surface area contributed by atoms with E-state index in [0.717, 1.165) is 17.7 Å². The Morgan fingerprint density at radius 1 is 1.00 bits per heavy atom. The van der Waals surface area contributed by atoms with Crippen molar-refractivity contribution in [2.75, 3.05) is 0 Å². The van der Waals surface area contributed by atoms with Crippen molar-refractivity contribution in [2.45, 2.75) is 17.7 Å². The Balaban J connectivity index is 2.02. The number of thiophene rings is 1. The fourth-order valence-corrected chi connectivity index (χ4v) is 2.42. The summed E-state index contributed by atoms with van der Waals surface area (Å²) in [6.07, 6.45) is 2.20. The van der Waals surface area contributed by atoms with E-state index in [1.165, 1.54) is 10.4 Å². The zero-order valence-corrected chi connectivity index (χ0v) is 9.52. The molecule has 0 aliphatic heterocycles. The number of hydrogen-bond acceptors (Lipinski definition) is 2. The highest BCUT2D eigenvalue weighted by Crippen LogP contribution is 2.17. The molecule has 2 heteroatoms. The molecule has 0 saturated heterocycles. The molecule has 1 heterocycles. The summed E-state index contributed by atoms with van der Waals surface area (Å²) < 4.78 is 0. The summed E-state index contributed by atoms with van der Waals surface area (Å²) in [4.78, 5) is 2.55. The lowest BCUT2D eigenvalue weighted by Gasteiger charge is -2.02. The van der Waals surface area contributed by atoms with E-state index in [-0.39, 0.29) is 0 Å². The van der Waals surface area contributed by atoms with Crippen LogP contribution >= 0.6 is 24.0 Å². The van der Waals surface area contributed by atoms with Crippen molar-refractivity contribution in [1.82, 2.24) is 0 Å². The van der Waals surface area contributed by atoms with Gasteiger partial charge in [-0.3, -0.25) is 0 Å². The van der Waals surface area contributed by atoms with Crippen LogP contribution in [0.4, 0.5) is 0 Å². The number of benzene rings is 1. The zero-order chi connectivity index (χ0) is 9.80. The summed E-state index contributed by atoms with van der Waals surface area (Å²) in [5.41, 5.74) is 1.34. The Morgan fingerprint density at radius 2 is 1.86 bits per heavy atom. The van der Waals surface area contributed by atoms with Gasteiger partial charge < -0.3 is 0 Å². The van der Waals surface area contributed by atoms with E-state index in [2.05, 4.69) is 42.3 Å². The Bertz CT molecular complexity index is 390. The van der Waals surface area contributed by atoms with Gasteiger partial charge in [-0.05, 0) is 35.9 Å². The molecule has 0 spiro atoms. The Hall–Kier alpha value is -0.730. The summed E-state index contributed by atoms with van der Waals surface area (Å²) in [6.45, 7) is 0.